The van der Waals surface area contributed by atoms with Gasteiger partial charge >= 0.3 is 0 Å². The van der Waals surface area contributed by atoms with Crippen LogP contribution in [0.5, 0.6) is 5.75 Å². The standard InChI is InChI=1S/C19H22N2O3/c1-3-13(4-2)18(23)20-15-8-5-7-14(11-15)19(24)21-16-9-6-10-17(22)12-16/h5-13,22H,3-4H2,1-2H3,(H,20,23)(H,21,24). The van der Waals surface area contributed by atoms with Gasteiger partial charge in [0.05, 0.1) is 0 Å². The zero-order valence-corrected chi connectivity index (χ0v) is 13.9. The van der Waals surface area contributed by atoms with Crippen LogP contribution in [0.15, 0.2) is 48.5 Å². The Bertz CT molecular complexity index is 724. The van der Waals surface area contributed by atoms with Gasteiger partial charge in [-0.2, -0.15) is 0 Å². The molecule has 0 bridgehead atoms. The number of phenols is 1. The van der Waals surface area contributed by atoms with E-state index in [1.54, 1.807) is 36.4 Å². The molecule has 0 aromatic heterocycles. The number of hydrogen-bond donors (Lipinski definition) is 3. The van der Waals surface area contributed by atoms with E-state index in [0.717, 1.165) is 12.8 Å². The minimum atomic E-state index is -0.306. The van der Waals surface area contributed by atoms with Crippen LogP contribution in [0.4, 0.5) is 11.4 Å². The normalized spacial score (nSPS) is 10.5. The summed E-state index contributed by atoms with van der Waals surface area (Å²) in [4.78, 5) is 24.4. The Labute approximate surface area is 141 Å². The molecule has 0 heterocycles. The van der Waals surface area contributed by atoms with Crippen molar-refractivity contribution in [3.63, 3.8) is 0 Å². The molecule has 0 aliphatic heterocycles. The predicted octanol–water partition coefficient (Wildman–Crippen LogP) is 4.02. The maximum Gasteiger partial charge on any atom is 0.255 e. The summed E-state index contributed by atoms with van der Waals surface area (Å²) in [5, 5.41) is 15.0. The number of amides is 2. The van der Waals surface area contributed by atoms with E-state index in [2.05, 4.69) is 10.6 Å². The molecule has 3 N–H and O–H groups in total. The average Bonchev–Trinajstić information content (AvgIpc) is 2.56. The summed E-state index contributed by atoms with van der Waals surface area (Å²) in [7, 11) is 0. The Morgan fingerprint density at radius 1 is 0.958 bits per heavy atom. The van der Waals surface area contributed by atoms with Gasteiger partial charge < -0.3 is 15.7 Å². The second kappa shape index (κ2) is 8.15. The minimum absolute atomic E-state index is 0.0326. The highest BCUT2D eigenvalue weighted by atomic mass is 16.3. The molecule has 0 fully saturated rings. The van der Waals surface area contributed by atoms with Crippen LogP contribution in [0.3, 0.4) is 0 Å². The fourth-order valence-electron chi connectivity index (χ4n) is 2.43. The van der Waals surface area contributed by atoms with Crippen molar-refractivity contribution in [1.29, 1.82) is 0 Å². The number of rotatable bonds is 6. The van der Waals surface area contributed by atoms with E-state index >= 15 is 0 Å². The highest BCUT2D eigenvalue weighted by Crippen LogP contribution is 2.18. The molecule has 0 aliphatic carbocycles. The molecular formula is C19H22N2O3. The van der Waals surface area contributed by atoms with Crippen LogP contribution in [0.1, 0.15) is 37.0 Å². The number of phenolic OH excluding ortho intramolecular Hbond substituents is 1. The lowest BCUT2D eigenvalue weighted by molar-refractivity contribution is -0.120. The lowest BCUT2D eigenvalue weighted by Crippen LogP contribution is -2.22. The minimum Gasteiger partial charge on any atom is -0.508 e. The Hall–Kier alpha value is -2.82. The van der Waals surface area contributed by atoms with Crippen molar-refractivity contribution >= 4 is 23.2 Å². The molecule has 24 heavy (non-hydrogen) atoms. The van der Waals surface area contributed by atoms with Gasteiger partial charge in [0.25, 0.3) is 5.91 Å². The Morgan fingerprint density at radius 3 is 2.21 bits per heavy atom. The quantitative estimate of drug-likeness (QED) is 0.750. The first kappa shape index (κ1) is 17.5. The first-order chi connectivity index (χ1) is 11.5. The second-order valence-electron chi connectivity index (χ2n) is 5.59. The molecule has 0 spiro atoms. The van der Waals surface area contributed by atoms with E-state index in [1.165, 1.54) is 12.1 Å². The van der Waals surface area contributed by atoms with Crippen LogP contribution in [-0.2, 0) is 4.79 Å². The maximum atomic E-state index is 12.3. The van der Waals surface area contributed by atoms with Crippen molar-refractivity contribution in [2.45, 2.75) is 26.7 Å². The van der Waals surface area contributed by atoms with Crippen LogP contribution in [0, 0.1) is 5.92 Å². The smallest absolute Gasteiger partial charge is 0.255 e. The summed E-state index contributed by atoms with van der Waals surface area (Å²) < 4.78 is 0. The fraction of sp³-hybridized carbons (Fsp3) is 0.263. The summed E-state index contributed by atoms with van der Waals surface area (Å²) in [5.74, 6) is -0.293. The van der Waals surface area contributed by atoms with E-state index in [-0.39, 0.29) is 23.5 Å². The largest absolute Gasteiger partial charge is 0.508 e. The molecule has 126 valence electrons. The summed E-state index contributed by atoms with van der Waals surface area (Å²) in [5.41, 5.74) is 1.53. The molecule has 0 aliphatic rings. The van der Waals surface area contributed by atoms with Crippen LogP contribution in [-0.4, -0.2) is 16.9 Å². The molecule has 0 radical (unpaired) electrons. The van der Waals surface area contributed by atoms with E-state index in [4.69, 9.17) is 0 Å². The van der Waals surface area contributed by atoms with Crippen LogP contribution in [0.2, 0.25) is 0 Å². The summed E-state index contributed by atoms with van der Waals surface area (Å²) in [6.45, 7) is 3.96. The summed E-state index contributed by atoms with van der Waals surface area (Å²) in [6, 6.07) is 13.1. The third-order valence-corrected chi connectivity index (χ3v) is 3.85. The van der Waals surface area contributed by atoms with Crippen LogP contribution in [0.25, 0.3) is 0 Å². The van der Waals surface area contributed by atoms with Crippen LogP contribution < -0.4 is 10.6 Å². The molecule has 2 aromatic rings. The zero-order chi connectivity index (χ0) is 17.5. The lowest BCUT2D eigenvalue weighted by atomic mass is 10.0. The molecule has 0 unspecified atom stereocenters. The van der Waals surface area contributed by atoms with Crippen molar-refractivity contribution in [2.75, 3.05) is 10.6 Å². The van der Waals surface area contributed by atoms with Crippen molar-refractivity contribution < 1.29 is 14.7 Å². The second-order valence-corrected chi connectivity index (χ2v) is 5.59. The molecule has 0 saturated carbocycles. The van der Waals surface area contributed by atoms with E-state index in [1.807, 2.05) is 13.8 Å². The number of hydrogen-bond acceptors (Lipinski definition) is 3. The van der Waals surface area contributed by atoms with Gasteiger partial charge in [-0.15, -0.1) is 0 Å². The van der Waals surface area contributed by atoms with Crippen molar-refractivity contribution in [3.8, 4) is 5.75 Å². The molecule has 2 amide bonds. The van der Waals surface area contributed by atoms with E-state index < -0.39 is 0 Å². The Kier molecular flexibility index (Phi) is 5.95. The highest BCUT2D eigenvalue weighted by molar-refractivity contribution is 6.05. The molecule has 5 heteroatoms. The Balaban J connectivity index is 2.09. The topological polar surface area (TPSA) is 78.4 Å². The lowest BCUT2D eigenvalue weighted by Gasteiger charge is -2.13. The molecule has 5 nitrogen and oxygen atoms in total. The molecule has 2 aromatic carbocycles. The van der Waals surface area contributed by atoms with Gasteiger partial charge in [0.1, 0.15) is 5.75 Å². The molecular weight excluding hydrogens is 304 g/mol. The highest BCUT2D eigenvalue weighted by Gasteiger charge is 2.15. The first-order valence-corrected chi connectivity index (χ1v) is 8.04. The number of nitrogens with one attached hydrogen (secondary N) is 2. The maximum absolute atomic E-state index is 12.3. The first-order valence-electron chi connectivity index (χ1n) is 8.04. The summed E-state index contributed by atoms with van der Waals surface area (Å²) in [6.07, 6.45) is 1.56. The van der Waals surface area contributed by atoms with Gasteiger partial charge in [0.15, 0.2) is 0 Å². The predicted molar refractivity (Wildman–Crippen MR) is 95.2 cm³/mol. The number of benzene rings is 2. The van der Waals surface area contributed by atoms with Gasteiger partial charge in [-0.25, -0.2) is 0 Å². The number of aromatic hydroxyl groups is 1. The van der Waals surface area contributed by atoms with Gasteiger partial charge in [0, 0.05) is 28.9 Å². The third-order valence-electron chi connectivity index (χ3n) is 3.85. The van der Waals surface area contributed by atoms with Gasteiger partial charge in [-0.3, -0.25) is 9.59 Å². The van der Waals surface area contributed by atoms with Crippen molar-refractivity contribution in [1.82, 2.24) is 0 Å². The zero-order valence-electron chi connectivity index (χ0n) is 13.9. The Morgan fingerprint density at radius 2 is 1.58 bits per heavy atom. The number of anilines is 2. The fourth-order valence-corrected chi connectivity index (χ4v) is 2.43. The number of carbonyl (C=O) groups excluding carboxylic acids is 2. The van der Waals surface area contributed by atoms with Crippen molar-refractivity contribution in [3.05, 3.63) is 54.1 Å². The average molecular weight is 326 g/mol. The van der Waals surface area contributed by atoms with Crippen LogP contribution >= 0.6 is 0 Å². The molecule has 0 saturated heterocycles. The summed E-state index contributed by atoms with van der Waals surface area (Å²) >= 11 is 0. The van der Waals surface area contributed by atoms with Crippen molar-refractivity contribution in [2.24, 2.45) is 5.92 Å². The van der Waals surface area contributed by atoms with Gasteiger partial charge in [0.2, 0.25) is 5.91 Å². The molecule has 0 atom stereocenters. The van der Waals surface area contributed by atoms with Gasteiger partial charge in [-0.1, -0.05) is 26.0 Å². The third kappa shape index (κ3) is 4.59. The number of carbonyl (C=O) groups is 2. The SMILES string of the molecule is CCC(CC)C(=O)Nc1cccc(C(=O)Nc2cccc(O)c2)c1. The van der Waals surface area contributed by atoms with E-state index in [9.17, 15) is 14.7 Å². The van der Waals surface area contributed by atoms with Gasteiger partial charge in [-0.05, 0) is 43.2 Å². The monoisotopic (exact) mass is 326 g/mol. The molecule has 2 rings (SSSR count). The van der Waals surface area contributed by atoms with E-state index in [0.29, 0.717) is 16.9 Å².